The first-order valence-corrected chi connectivity index (χ1v) is 6.14. The fraction of sp³-hybridized carbons (Fsp3) is 0.267. The second kappa shape index (κ2) is 5.25. The summed E-state index contributed by atoms with van der Waals surface area (Å²) in [6.07, 6.45) is -2.13. The third-order valence-corrected chi connectivity index (χ3v) is 3.38. The summed E-state index contributed by atoms with van der Waals surface area (Å²) in [7, 11) is 0. The van der Waals surface area contributed by atoms with Crippen LogP contribution in [0.25, 0.3) is 0 Å². The maximum Gasteiger partial charge on any atom is 0.416 e. The molecule has 0 radical (unpaired) electrons. The van der Waals surface area contributed by atoms with E-state index < -0.39 is 17.8 Å². The van der Waals surface area contributed by atoms with Gasteiger partial charge in [0, 0.05) is 18.0 Å². The average Bonchev–Trinajstić information content (AvgIpc) is 2.40. The molecule has 1 aromatic carbocycles. The van der Waals surface area contributed by atoms with Gasteiger partial charge in [0.1, 0.15) is 0 Å². The van der Waals surface area contributed by atoms with Crippen LogP contribution in [0.3, 0.4) is 0 Å². The Morgan fingerprint density at radius 1 is 1.10 bits per heavy atom. The molecule has 0 saturated heterocycles. The van der Waals surface area contributed by atoms with Crippen LogP contribution in [0.4, 0.5) is 13.2 Å². The van der Waals surface area contributed by atoms with Gasteiger partial charge in [-0.1, -0.05) is 18.2 Å². The molecule has 1 aromatic heterocycles. The molecule has 0 bridgehead atoms. The molecule has 1 atom stereocenters. The molecule has 0 aliphatic heterocycles. The van der Waals surface area contributed by atoms with Gasteiger partial charge in [-0.2, -0.15) is 13.2 Å². The molecule has 0 spiro atoms. The largest absolute Gasteiger partial charge is 0.416 e. The van der Waals surface area contributed by atoms with Gasteiger partial charge in [0.25, 0.3) is 0 Å². The van der Waals surface area contributed by atoms with Gasteiger partial charge in [0.15, 0.2) is 0 Å². The maximum absolute atomic E-state index is 13.0. The Hall–Kier alpha value is -1.88. The first kappa shape index (κ1) is 14.5. The van der Waals surface area contributed by atoms with Crippen LogP contribution < -0.4 is 5.73 Å². The Bertz CT molecular complexity index is 621. The number of hydrogen-bond acceptors (Lipinski definition) is 2. The van der Waals surface area contributed by atoms with E-state index in [-0.39, 0.29) is 5.56 Å². The van der Waals surface area contributed by atoms with Gasteiger partial charge >= 0.3 is 6.18 Å². The summed E-state index contributed by atoms with van der Waals surface area (Å²) in [5, 5.41) is 0. The molecule has 5 heteroatoms. The molecule has 106 valence electrons. The molecule has 2 aromatic rings. The van der Waals surface area contributed by atoms with Crippen LogP contribution in [-0.4, -0.2) is 4.98 Å². The Balaban J connectivity index is 2.48. The highest BCUT2D eigenvalue weighted by Gasteiger charge is 2.34. The highest BCUT2D eigenvalue weighted by Crippen LogP contribution is 2.35. The Morgan fingerprint density at radius 3 is 2.40 bits per heavy atom. The number of halogens is 3. The molecule has 20 heavy (non-hydrogen) atoms. The van der Waals surface area contributed by atoms with Gasteiger partial charge in [-0.3, -0.25) is 4.98 Å². The first-order valence-electron chi connectivity index (χ1n) is 6.14. The summed E-state index contributed by atoms with van der Waals surface area (Å²) in [6, 6.07) is 5.53. The van der Waals surface area contributed by atoms with Crippen LogP contribution in [0.1, 0.15) is 33.9 Å². The van der Waals surface area contributed by atoms with Crippen LogP contribution in [0.2, 0.25) is 0 Å². The summed E-state index contributed by atoms with van der Waals surface area (Å²) < 4.78 is 39.0. The topological polar surface area (TPSA) is 38.9 Å². The molecule has 1 unspecified atom stereocenters. The third-order valence-electron chi connectivity index (χ3n) is 3.38. The third kappa shape index (κ3) is 2.82. The van der Waals surface area contributed by atoms with E-state index in [0.717, 1.165) is 23.4 Å². The van der Waals surface area contributed by atoms with Crippen LogP contribution in [0.15, 0.2) is 36.7 Å². The van der Waals surface area contributed by atoms with Crippen molar-refractivity contribution in [3.63, 3.8) is 0 Å². The minimum atomic E-state index is -4.43. The quantitative estimate of drug-likeness (QED) is 0.909. The van der Waals surface area contributed by atoms with E-state index in [9.17, 15) is 13.2 Å². The fourth-order valence-electron chi connectivity index (χ4n) is 2.05. The fourth-order valence-corrected chi connectivity index (χ4v) is 2.05. The van der Waals surface area contributed by atoms with Crippen LogP contribution in [0.5, 0.6) is 0 Å². The molecule has 2 rings (SSSR count). The zero-order valence-electron chi connectivity index (χ0n) is 11.2. The zero-order valence-corrected chi connectivity index (χ0v) is 11.2. The van der Waals surface area contributed by atoms with E-state index >= 15 is 0 Å². The molecule has 0 amide bonds. The van der Waals surface area contributed by atoms with Crippen LogP contribution in [-0.2, 0) is 6.18 Å². The van der Waals surface area contributed by atoms with Crippen molar-refractivity contribution in [1.29, 1.82) is 0 Å². The van der Waals surface area contributed by atoms with Gasteiger partial charge in [-0.15, -0.1) is 0 Å². The number of nitrogens with zero attached hydrogens (tertiary/aromatic N) is 1. The number of aryl methyl sites for hydroxylation is 2. The number of alkyl halides is 3. The van der Waals surface area contributed by atoms with Crippen molar-refractivity contribution in [2.45, 2.75) is 26.1 Å². The Labute approximate surface area is 115 Å². The molecule has 1 heterocycles. The lowest BCUT2D eigenvalue weighted by molar-refractivity contribution is -0.138. The van der Waals surface area contributed by atoms with E-state index in [1.807, 2.05) is 26.0 Å². The summed E-state index contributed by atoms with van der Waals surface area (Å²) >= 11 is 0. The van der Waals surface area contributed by atoms with Crippen molar-refractivity contribution < 1.29 is 13.2 Å². The minimum Gasteiger partial charge on any atom is -0.320 e. The van der Waals surface area contributed by atoms with Gasteiger partial charge in [-0.05, 0) is 36.6 Å². The molecule has 0 aliphatic rings. The van der Waals surface area contributed by atoms with Gasteiger partial charge in [0.2, 0.25) is 0 Å². The molecule has 2 N–H and O–H groups in total. The van der Waals surface area contributed by atoms with Crippen molar-refractivity contribution in [1.82, 2.24) is 4.98 Å². The summed E-state index contributed by atoms with van der Waals surface area (Å²) in [6.45, 7) is 3.84. The summed E-state index contributed by atoms with van der Waals surface area (Å²) in [5.41, 5.74) is 7.96. The molecule has 0 fully saturated rings. The maximum atomic E-state index is 13.0. The van der Waals surface area contributed by atoms with Crippen LogP contribution in [0, 0.1) is 13.8 Å². The summed E-state index contributed by atoms with van der Waals surface area (Å²) in [4.78, 5) is 3.77. The van der Waals surface area contributed by atoms with Crippen molar-refractivity contribution in [3.05, 3.63) is 64.5 Å². The van der Waals surface area contributed by atoms with Gasteiger partial charge < -0.3 is 5.73 Å². The molecule has 0 saturated carbocycles. The number of rotatable bonds is 2. The normalized spacial score (nSPS) is 13.3. The number of nitrogens with two attached hydrogens (primary N) is 1. The van der Waals surface area contributed by atoms with Crippen molar-refractivity contribution in [2.24, 2.45) is 5.73 Å². The summed E-state index contributed by atoms with van der Waals surface area (Å²) in [5.74, 6) is 0. The smallest absolute Gasteiger partial charge is 0.320 e. The number of benzene rings is 1. The average molecular weight is 280 g/mol. The second-order valence-corrected chi connectivity index (χ2v) is 4.78. The van der Waals surface area contributed by atoms with Gasteiger partial charge in [-0.25, -0.2) is 0 Å². The lowest BCUT2D eigenvalue weighted by Crippen LogP contribution is -2.19. The Morgan fingerprint density at radius 2 is 1.80 bits per heavy atom. The first-order chi connectivity index (χ1) is 9.30. The predicted octanol–water partition coefficient (Wildman–Crippen LogP) is 3.77. The lowest BCUT2D eigenvalue weighted by Gasteiger charge is -2.18. The van der Waals surface area contributed by atoms with E-state index in [4.69, 9.17) is 5.73 Å². The molecular weight excluding hydrogens is 265 g/mol. The predicted molar refractivity (Wildman–Crippen MR) is 71.2 cm³/mol. The SMILES string of the molecule is Cc1ccc(C(N)c2cnccc2C(F)(F)F)cc1C. The van der Waals surface area contributed by atoms with E-state index in [1.54, 1.807) is 6.07 Å². The van der Waals surface area contributed by atoms with E-state index in [2.05, 4.69) is 4.98 Å². The second-order valence-electron chi connectivity index (χ2n) is 4.78. The van der Waals surface area contributed by atoms with Crippen LogP contribution >= 0.6 is 0 Å². The lowest BCUT2D eigenvalue weighted by atomic mass is 9.94. The van der Waals surface area contributed by atoms with Crippen molar-refractivity contribution in [2.75, 3.05) is 0 Å². The van der Waals surface area contributed by atoms with Gasteiger partial charge in [0.05, 0.1) is 11.6 Å². The van der Waals surface area contributed by atoms with E-state index in [1.165, 1.54) is 6.20 Å². The Kier molecular flexibility index (Phi) is 3.81. The monoisotopic (exact) mass is 280 g/mol. The highest BCUT2D eigenvalue weighted by molar-refractivity contribution is 5.39. The van der Waals surface area contributed by atoms with E-state index in [0.29, 0.717) is 5.56 Å². The molecule has 0 aliphatic carbocycles. The standard InChI is InChI=1S/C15H15F3N2/c1-9-3-4-11(7-10(9)2)14(19)12-8-20-6-5-13(12)15(16,17)18/h3-8,14H,19H2,1-2H3. The molecule has 2 nitrogen and oxygen atoms in total. The minimum absolute atomic E-state index is 0.0109. The van der Waals surface area contributed by atoms with Crippen molar-refractivity contribution >= 4 is 0 Å². The molecular formula is C15H15F3N2. The zero-order chi connectivity index (χ0) is 14.9. The number of aromatic nitrogens is 1. The number of pyridine rings is 1. The highest BCUT2D eigenvalue weighted by atomic mass is 19.4. The van der Waals surface area contributed by atoms with Crippen molar-refractivity contribution in [3.8, 4) is 0 Å². The number of hydrogen-bond donors (Lipinski definition) is 1.